The van der Waals surface area contributed by atoms with Gasteiger partial charge in [-0.3, -0.25) is 9.78 Å². The van der Waals surface area contributed by atoms with Crippen LogP contribution in [-0.4, -0.2) is 30.1 Å². The fourth-order valence-electron chi connectivity index (χ4n) is 4.53. The van der Waals surface area contributed by atoms with Crippen molar-refractivity contribution < 1.29 is 21.2 Å². The summed E-state index contributed by atoms with van der Waals surface area (Å²) in [6.07, 6.45) is 2.52. The summed E-state index contributed by atoms with van der Waals surface area (Å²) in [6.45, 7) is 3.95. The summed E-state index contributed by atoms with van der Waals surface area (Å²) in [6, 6.07) is 11.8. The number of fused-ring (bicyclic) bond motifs is 4. The zero-order valence-corrected chi connectivity index (χ0v) is 20.2. The van der Waals surface area contributed by atoms with Gasteiger partial charge in [-0.1, -0.05) is 9.95 Å². The van der Waals surface area contributed by atoms with Crippen LogP contribution in [-0.2, 0) is 10.5 Å². The van der Waals surface area contributed by atoms with Crippen LogP contribution in [0.25, 0.3) is 44.0 Å². The number of nitriles is 1. The zero-order valence-electron chi connectivity index (χ0n) is 19.4. The number of pyridine rings is 2. The molecule has 11 heteroatoms. The van der Waals surface area contributed by atoms with Crippen molar-refractivity contribution in [3.63, 3.8) is 0 Å². The van der Waals surface area contributed by atoms with E-state index >= 15 is 0 Å². The number of nitrogens with one attached hydrogen (secondary N) is 1. The highest BCUT2D eigenvalue weighted by atomic mass is 32.3. The first-order valence-electron chi connectivity index (χ1n) is 10.8. The van der Waals surface area contributed by atoms with Gasteiger partial charge in [-0.15, -0.1) is 0 Å². The van der Waals surface area contributed by atoms with Crippen LogP contribution in [0.1, 0.15) is 25.5 Å². The van der Waals surface area contributed by atoms with Gasteiger partial charge in [-0.2, -0.15) is 13.7 Å². The van der Waals surface area contributed by atoms with Crippen molar-refractivity contribution >= 4 is 43.3 Å². The maximum Gasteiger partial charge on any atom is 0.488 e. The number of aromatic amines is 1. The van der Waals surface area contributed by atoms with Crippen molar-refractivity contribution in [3.8, 4) is 28.7 Å². The van der Waals surface area contributed by atoms with E-state index in [4.69, 9.17) is 4.74 Å². The Morgan fingerprint density at radius 1 is 1.14 bits per heavy atom. The average molecular weight is 507 g/mol. The van der Waals surface area contributed by atoms with Gasteiger partial charge in [0.05, 0.1) is 41.2 Å². The highest BCUT2D eigenvalue weighted by molar-refractivity contribution is 7.81. The van der Waals surface area contributed by atoms with Crippen molar-refractivity contribution in [3.05, 3.63) is 64.6 Å². The molecule has 0 aliphatic carbocycles. The van der Waals surface area contributed by atoms with Crippen LogP contribution in [0.15, 0.2) is 53.6 Å². The van der Waals surface area contributed by atoms with Gasteiger partial charge >= 0.3 is 10.5 Å². The SMILES string of the molecule is COc1cc2c(=O)c3c4ccc(C#N)cc4[nH]c3n(C(C)C)c2cc1-c1cncc(OS(=O)(=O)F)c1. The van der Waals surface area contributed by atoms with Crippen molar-refractivity contribution in [1.82, 2.24) is 14.5 Å². The first-order valence-corrected chi connectivity index (χ1v) is 12.1. The summed E-state index contributed by atoms with van der Waals surface area (Å²) in [5, 5.41) is 10.9. The Hall–Kier alpha value is -4.43. The summed E-state index contributed by atoms with van der Waals surface area (Å²) < 4.78 is 46.8. The fraction of sp³-hybridized carbons (Fsp3) is 0.160. The number of halogens is 1. The lowest BCUT2D eigenvalue weighted by Gasteiger charge is -2.19. The maximum atomic E-state index is 13.7. The van der Waals surface area contributed by atoms with Gasteiger partial charge in [0, 0.05) is 34.3 Å². The third-order valence-electron chi connectivity index (χ3n) is 5.93. The van der Waals surface area contributed by atoms with Crippen molar-refractivity contribution in [2.75, 3.05) is 7.11 Å². The molecule has 0 fully saturated rings. The molecule has 5 aromatic rings. The first kappa shape index (κ1) is 23.3. The largest absolute Gasteiger partial charge is 0.496 e. The Morgan fingerprint density at radius 2 is 1.92 bits per heavy atom. The van der Waals surface area contributed by atoms with Gasteiger partial charge in [0.25, 0.3) is 0 Å². The van der Waals surface area contributed by atoms with Crippen molar-refractivity contribution in [2.24, 2.45) is 0 Å². The smallest absolute Gasteiger partial charge is 0.488 e. The molecule has 0 saturated heterocycles. The summed E-state index contributed by atoms with van der Waals surface area (Å²) in [5.74, 6) is 0.0284. The molecule has 1 N–H and O–H groups in total. The lowest BCUT2D eigenvalue weighted by atomic mass is 10.0. The molecule has 0 amide bonds. The van der Waals surface area contributed by atoms with E-state index in [0.29, 0.717) is 55.3 Å². The second kappa shape index (κ2) is 8.35. The molecule has 2 aromatic carbocycles. The highest BCUT2D eigenvalue weighted by Gasteiger charge is 2.21. The minimum absolute atomic E-state index is 0.0789. The molecular formula is C25H19FN4O5S. The Kier molecular flexibility index (Phi) is 5.41. The molecule has 5 rings (SSSR count). The number of benzene rings is 2. The molecule has 36 heavy (non-hydrogen) atoms. The Bertz CT molecular complexity index is 1900. The number of hydrogen-bond acceptors (Lipinski definition) is 7. The van der Waals surface area contributed by atoms with Crippen LogP contribution in [0.2, 0.25) is 0 Å². The van der Waals surface area contributed by atoms with E-state index in [1.54, 1.807) is 30.3 Å². The van der Waals surface area contributed by atoms with Gasteiger partial charge in [-0.25, -0.2) is 0 Å². The van der Waals surface area contributed by atoms with E-state index in [2.05, 4.69) is 20.2 Å². The van der Waals surface area contributed by atoms with Crippen LogP contribution in [0.4, 0.5) is 3.89 Å². The van der Waals surface area contributed by atoms with E-state index in [1.165, 1.54) is 19.4 Å². The molecular weight excluding hydrogens is 487 g/mol. The standard InChI is InChI=1S/C25H19FN4O5S/c1-13(2)30-21-8-18(15-7-16(12-28-11-15)35-36(26,32)33)22(34-3)9-19(21)24(31)23-17-5-4-14(10-27)6-20(17)29-25(23)30/h4-9,11-13,29H,1-3H3. The Balaban J connectivity index is 1.87. The van der Waals surface area contributed by atoms with E-state index in [9.17, 15) is 22.4 Å². The molecule has 3 heterocycles. The quantitative estimate of drug-likeness (QED) is 0.341. The third-order valence-corrected chi connectivity index (χ3v) is 6.33. The predicted molar refractivity (Wildman–Crippen MR) is 133 cm³/mol. The molecule has 0 saturated carbocycles. The molecule has 0 aliphatic heterocycles. The molecule has 9 nitrogen and oxygen atoms in total. The van der Waals surface area contributed by atoms with Gasteiger partial charge in [0.2, 0.25) is 0 Å². The normalized spacial score (nSPS) is 11.9. The maximum absolute atomic E-state index is 13.7. The van der Waals surface area contributed by atoms with Crippen LogP contribution in [0, 0.1) is 11.3 Å². The minimum Gasteiger partial charge on any atom is -0.496 e. The first-order chi connectivity index (χ1) is 17.1. The number of hydrogen-bond donors (Lipinski definition) is 1. The lowest BCUT2D eigenvalue weighted by Crippen LogP contribution is -2.13. The molecule has 0 spiro atoms. The number of rotatable bonds is 5. The van der Waals surface area contributed by atoms with Crippen LogP contribution < -0.4 is 14.3 Å². The zero-order chi connectivity index (χ0) is 25.8. The number of nitrogens with zero attached hydrogens (tertiary/aromatic N) is 3. The predicted octanol–water partition coefficient (Wildman–Crippen LogP) is 4.75. The second-order valence-corrected chi connectivity index (χ2v) is 9.42. The van der Waals surface area contributed by atoms with Gasteiger partial charge < -0.3 is 18.5 Å². The summed E-state index contributed by atoms with van der Waals surface area (Å²) in [4.78, 5) is 21.0. The molecule has 0 unspecified atom stereocenters. The van der Waals surface area contributed by atoms with Crippen molar-refractivity contribution in [1.29, 1.82) is 5.26 Å². The van der Waals surface area contributed by atoms with Gasteiger partial charge in [0.1, 0.15) is 11.4 Å². The summed E-state index contributed by atoms with van der Waals surface area (Å²) >= 11 is 0. The molecule has 0 bridgehead atoms. The van der Waals surface area contributed by atoms with Crippen LogP contribution in [0.5, 0.6) is 11.5 Å². The molecule has 0 radical (unpaired) electrons. The van der Waals surface area contributed by atoms with Crippen molar-refractivity contribution in [2.45, 2.75) is 19.9 Å². The lowest BCUT2D eigenvalue weighted by molar-refractivity contribution is 0.417. The summed E-state index contributed by atoms with van der Waals surface area (Å²) in [5.41, 5.74) is 3.01. The van der Waals surface area contributed by atoms with E-state index < -0.39 is 10.5 Å². The highest BCUT2D eigenvalue weighted by Crippen LogP contribution is 2.37. The molecule has 182 valence electrons. The topological polar surface area (TPSA) is 127 Å². The van der Waals surface area contributed by atoms with E-state index in [1.807, 2.05) is 18.4 Å². The number of aromatic nitrogens is 3. The number of ether oxygens (including phenoxy) is 1. The number of H-pyrrole nitrogens is 1. The van der Waals surface area contributed by atoms with E-state index in [0.717, 1.165) is 6.20 Å². The third kappa shape index (κ3) is 3.81. The Morgan fingerprint density at radius 3 is 2.58 bits per heavy atom. The van der Waals surface area contributed by atoms with Crippen LogP contribution >= 0.6 is 0 Å². The molecule has 3 aromatic heterocycles. The molecule has 0 aliphatic rings. The summed E-state index contributed by atoms with van der Waals surface area (Å²) in [7, 11) is -3.79. The minimum atomic E-state index is -5.23. The van der Waals surface area contributed by atoms with E-state index in [-0.39, 0.29) is 17.2 Å². The number of methoxy groups -OCH3 is 1. The fourth-order valence-corrected chi connectivity index (χ4v) is 4.85. The van der Waals surface area contributed by atoms with Crippen LogP contribution in [0.3, 0.4) is 0 Å². The Labute approximate surface area is 204 Å². The van der Waals surface area contributed by atoms with Gasteiger partial charge in [-0.05, 0) is 44.2 Å². The second-order valence-electron chi connectivity index (χ2n) is 8.47. The average Bonchev–Trinajstić information content (AvgIpc) is 3.20. The van der Waals surface area contributed by atoms with Gasteiger partial charge in [0.15, 0.2) is 11.2 Å². The monoisotopic (exact) mass is 506 g/mol. The molecule has 0 atom stereocenters.